The minimum Gasteiger partial charge on any atom is -0.480 e. The van der Waals surface area contributed by atoms with Gasteiger partial charge in [0.2, 0.25) is 0 Å². The molecule has 0 radical (unpaired) electrons. The SMILES string of the molecule is CC(C)n1ccc(COc2cc(F)ccc2[N+](=O)[O-])n1. The molecule has 0 saturated heterocycles. The van der Waals surface area contributed by atoms with Crippen LogP contribution in [0.2, 0.25) is 0 Å². The molecule has 0 aliphatic rings. The van der Waals surface area contributed by atoms with Gasteiger partial charge in [-0.2, -0.15) is 5.10 Å². The Morgan fingerprint density at radius 1 is 1.45 bits per heavy atom. The standard InChI is InChI=1S/C13H14FN3O3/c1-9(2)16-6-5-11(15-16)8-20-13-7-10(14)3-4-12(13)17(18)19/h3-7,9H,8H2,1-2H3. The number of nitro benzene ring substituents is 1. The van der Waals surface area contributed by atoms with Gasteiger partial charge in [-0.05, 0) is 26.0 Å². The predicted molar refractivity (Wildman–Crippen MR) is 70.0 cm³/mol. The van der Waals surface area contributed by atoms with E-state index < -0.39 is 10.7 Å². The van der Waals surface area contributed by atoms with E-state index in [1.165, 1.54) is 0 Å². The minimum atomic E-state index is -0.610. The smallest absolute Gasteiger partial charge is 0.311 e. The first-order valence-corrected chi connectivity index (χ1v) is 6.08. The van der Waals surface area contributed by atoms with Crippen molar-refractivity contribution in [3.8, 4) is 5.75 Å². The Morgan fingerprint density at radius 3 is 2.80 bits per heavy atom. The maximum absolute atomic E-state index is 13.1. The molecule has 1 aromatic carbocycles. The van der Waals surface area contributed by atoms with E-state index in [0.717, 1.165) is 18.2 Å². The number of nitro groups is 1. The van der Waals surface area contributed by atoms with E-state index in [-0.39, 0.29) is 24.1 Å². The van der Waals surface area contributed by atoms with Gasteiger partial charge in [0, 0.05) is 24.4 Å². The van der Waals surface area contributed by atoms with E-state index in [0.29, 0.717) is 5.69 Å². The van der Waals surface area contributed by atoms with Crippen LogP contribution < -0.4 is 4.74 Å². The fraction of sp³-hybridized carbons (Fsp3) is 0.308. The Balaban J connectivity index is 2.13. The lowest BCUT2D eigenvalue weighted by molar-refractivity contribution is -0.386. The molecule has 0 bridgehead atoms. The Labute approximate surface area is 114 Å². The zero-order valence-corrected chi connectivity index (χ0v) is 11.1. The Hall–Kier alpha value is -2.44. The highest BCUT2D eigenvalue weighted by Gasteiger charge is 2.16. The molecule has 2 rings (SSSR count). The van der Waals surface area contributed by atoms with Gasteiger partial charge in [-0.3, -0.25) is 14.8 Å². The fourth-order valence-electron chi connectivity index (χ4n) is 1.65. The molecule has 0 spiro atoms. The molecule has 0 aliphatic carbocycles. The molecule has 20 heavy (non-hydrogen) atoms. The number of aromatic nitrogens is 2. The van der Waals surface area contributed by atoms with Gasteiger partial charge in [0.05, 0.1) is 10.6 Å². The molecular formula is C13H14FN3O3. The normalized spacial score (nSPS) is 10.8. The number of rotatable bonds is 5. The molecule has 0 saturated carbocycles. The lowest BCUT2D eigenvalue weighted by atomic mass is 10.3. The van der Waals surface area contributed by atoms with Crippen molar-refractivity contribution < 1.29 is 14.1 Å². The van der Waals surface area contributed by atoms with E-state index in [1.807, 2.05) is 13.8 Å². The van der Waals surface area contributed by atoms with Crippen LogP contribution in [0.5, 0.6) is 5.75 Å². The van der Waals surface area contributed by atoms with Crippen molar-refractivity contribution in [1.82, 2.24) is 9.78 Å². The molecule has 0 aliphatic heterocycles. The number of hydrogen-bond acceptors (Lipinski definition) is 4. The minimum absolute atomic E-state index is 0.0456. The first-order chi connectivity index (χ1) is 9.47. The average Bonchev–Trinajstić information content (AvgIpc) is 2.85. The van der Waals surface area contributed by atoms with Crippen LogP contribution in [0.3, 0.4) is 0 Å². The summed E-state index contributed by atoms with van der Waals surface area (Å²) in [5, 5.41) is 15.1. The van der Waals surface area contributed by atoms with Gasteiger partial charge in [-0.1, -0.05) is 0 Å². The topological polar surface area (TPSA) is 70.2 Å². The summed E-state index contributed by atoms with van der Waals surface area (Å²) < 4.78 is 20.2. The fourth-order valence-corrected chi connectivity index (χ4v) is 1.65. The molecule has 1 heterocycles. The lowest BCUT2D eigenvalue weighted by Gasteiger charge is -2.06. The number of hydrogen-bond donors (Lipinski definition) is 0. The Morgan fingerprint density at radius 2 is 2.20 bits per heavy atom. The molecule has 106 valence electrons. The lowest BCUT2D eigenvalue weighted by Crippen LogP contribution is -2.04. The van der Waals surface area contributed by atoms with Gasteiger partial charge in [0.25, 0.3) is 0 Å². The zero-order valence-electron chi connectivity index (χ0n) is 11.1. The molecule has 0 unspecified atom stereocenters. The van der Waals surface area contributed by atoms with Crippen molar-refractivity contribution in [2.45, 2.75) is 26.5 Å². The second-order valence-electron chi connectivity index (χ2n) is 4.54. The van der Waals surface area contributed by atoms with Crippen molar-refractivity contribution in [2.75, 3.05) is 0 Å². The van der Waals surface area contributed by atoms with Crippen molar-refractivity contribution in [2.24, 2.45) is 0 Å². The number of benzene rings is 1. The molecular weight excluding hydrogens is 265 g/mol. The summed E-state index contributed by atoms with van der Waals surface area (Å²) in [4.78, 5) is 10.2. The first-order valence-electron chi connectivity index (χ1n) is 6.08. The Bertz CT molecular complexity index is 625. The quantitative estimate of drug-likeness (QED) is 0.623. The summed E-state index contributed by atoms with van der Waals surface area (Å²) in [5.41, 5.74) is 0.354. The largest absolute Gasteiger partial charge is 0.480 e. The van der Waals surface area contributed by atoms with E-state index in [1.54, 1.807) is 16.9 Å². The number of nitrogens with zero attached hydrogens (tertiary/aromatic N) is 3. The molecule has 0 atom stereocenters. The van der Waals surface area contributed by atoms with Crippen molar-refractivity contribution in [3.05, 3.63) is 52.1 Å². The third-order valence-corrected chi connectivity index (χ3v) is 2.69. The van der Waals surface area contributed by atoms with Crippen LogP contribution in [0.15, 0.2) is 30.5 Å². The molecule has 7 heteroatoms. The highest BCUT2D eigenvalue weighted by Crippen LogP contribution is 2.28. The summed E-state index contributed by atoms with van der Waals surface area (Å²) >= 11 is 0. The van der Waals surface area contributed by atoms with Crippen LogP contribution in [0.1, 0.15) is 25.6 Å². The predicted octanol–water partition coefficient (Wildman–Crippen LogP) is 3.09. The first kappa shape index (κ1) is 14.0. The van der Waals surface area contributed by atoms with Gasteiger partial charge in [-0.25, -0.2) is 4.39 Å². The second-order valence-corrected chi connectivity index (χ2v) is 4.54. The molecule has 1 aromatic heterocycles. The van der Waals surface area contributed by atoms with Gasteiger partial charge in [0.15, 0.2) is 5.75 Å². The summed E-state index contributed by atoms with van der Waals surface area (Å²) in [6.07, 6.45) is 1.79. The van der Waals surface area contributed by atoms with Crippen LogP contribution in [-0.4, -0.2) is 14.7 Å². The number of ether oxygens (including phenoxy) is 1. The van der Waals surface area contributed by atoms with E-state index in [2.05, 4.69) is 5.10 Å². The van der Waals surface area contributed by atoms with Gasteiger partial charge < -0.3 is 4.74 Å². The molecule has 0 fully saturated rings. The third kappa shape index (κ3) is 3.11. The highest BCUT2D eigenvalue weighted by molar-refractivity contribution is 5.46. The third-order valence-electron chi connectivity index (χ3n) is 2.69. The molecule has 0 N–H and O–H groups in total. The van der Waals surface area contributed by atoms with Crippen molar-refractivity contribution in [1.29, 1.82) is 0 Å². The zero-order chi connectivity index (χ0) is 14.7. The van der Waals surface area contributed by atoms with Crippen LogP contribution in [-0.2, 0) is 6.61 Å². The summed E-state index contributed by atoms with van der Waals surface area (Å²) in [5.74, 6) is -0.688. The van der Waals surface area contributed by atoms with E-state index in [9.17, 15) is 14.5 Å². The number of halogens is 1. The van der Waals surface area contributed by atoms with Gasteiger partial charge >= 0.3 is 5.69 Å². The maximum atomic E-state index is 13.1. The van der Waals surface area contributed by atoms with Crippen LogP contribution >= 0.6 is 0 Å². The van der Waals surface area contributed by atoms with Crippen LogP contribution in [0.25, 0.3) is 0 Å². The Kier molecular flexibility index (Phi) is 3.97. The highest BCUT2D eigenvalue weighted by atomic mass is 19.1. The molecule has 6 nitrogen and oxygen atoms in total. The monoisotopic (exact) mass is 279 g/mol. The molecule has 0 amide bonds. The van der Waals surface area contributed by atoms with E-state index >= 15 is 0 Å². The summed E-state index contributed by atoms with van der Waals surface area (Å²) in [7, 11) is 0. The van der Waals surface area contributed by atoms with Crippen molar-refractivity contribution >= 4 is 5.69 Å². The van der Waals surface area contributed by atoms with E-state index in [4.69, 9.17) is 4.74 Å². The van der Waals surface area contributed by atoms with Gasteiger partial charge in [0.1, 0.15) is 12.4 Å². The molecule has 2 aromatic rings. The second kappa shape index (κ2) is 5.68. The van der Waals surface area contributed by atoms with Crippen LogP contribution in [0, 0.1) is 15.9 Å². The average molecular weight is 279 g/mol. The van der Waals surface area contributed by atoms with Crippen molar-refractivity contribution in [3.63, 3.8) is 0 Å². The maximum Gasteiger partial charge on any atom is 0.311 e. The summed E-state index contributed by atoms with van der Waals surface area (Å²) in [6, 6.07) is 5.07. The summed E-state index contributed by atoms with van der Waals surface area (Å²) in [6.45, 7) is 4.01. The van der Waals surface area contributed by atoms with Gasteiger partial charge in [-0.15, -0.1) is 0 Å². The van der Waals surface area contributed by atoms with Crippen LogP contribution in [0.4, 0.5) is 10.1 Å².